The van der Waals surface area contributed by atoms with Gasteiger partial charge in [-0.1, -0.05) is 41.5 Å². The van der Waals surface area contributed by atoms with Crippen molar-refractivity contribution < 1.29 is 19.1 Å². The largest absolute Gasteiger partial charge is 0.468 e. The number of carbonyl (C=O) groups is 2. The molecule has 0 saturated carbocycles. The van der Waals surface area contributed by atoms with E-state index in [0.29, 0.717) is 16.6 Å². The van der Waals surface area contributed by atoms with Crippen LogP contribution in [0.3, 0.4) is 0 Å². The quantitative estimate of drug-likeness (QED) is 0.324. The zero-order chi connectivity index (χ0) is 17.5. The molecule has 0 spiro atoms. The van der Waals surface area contributed by atoms with E-state index in [1.54, 1.807) is 0 Å². The molecule has 0 amide bonds. The van der Waals surface area contributed by atoms with Crippen LogP contribution < -0.4 is 0 Å². The monoisotopic (exact) mass is 326 g/mol. The number of ether oxygens (including phenoxy) is 2. The minimum Gasteiger partial charge on any atom is -0.468 e. The molecule has 22 heavy (non-hydrogen) atoms. The summed E-state index contributed by atoms with van der Waals surface area (Å²) in [6.45, 7) is 13.3. The maximum atomic E-state index is 11.7. The van der Waals surface area contributed by atoms with Crippen molar-refractivity contribution in [1.29, 1.82) is 0 Å². The average Bonchev–Trinajstić information content (AvgIpc) is 2.44. The Bertz CT molecular complexity index is 406. The number of esters is 2. The Labute approximate surface area is 136 Å². The highest BCUT2D eigenvalue weighted by Gasteiger charge is 2.41. The van der Waals surface area contributed by atoms with E-state index in [1.165, 1.54) is 14.2 Å². The molecule has 0 saturated heterocycles. The van der Waals surface area contributed by atoms with Gasteiger partial charge in [0, 0.05) is 6.42 Å². The second-order valence-corrected chi connectivity index (χ2v) is 12.1. The molecule has 126 valence electrons. The van der Waals surface area contributed by atoms with Gasteiger partial charge in [-0.05, 0) is 16.6 Å². The van der Waals surface area contributed by atoms with Crippen LogP contribution in [0.1, 0.15) is 48.0 Å². The normalized spacial score (nSPS) is 11.6. The van der Waals surface area contributed by atoms with E-state index in [2.05, 4.69) is 62.5 Å². The van der Waals surface area contributed by atoms with Crippen molar-refractivity contribution in [2.45, 2.75) is 64.6 Å². The molecule has 0 aromatic rings. The van der Waals surface area contributed by atoms with Crippen LogP contribution in [0, 0.1) is 17.4 Å². The van der Waals surface area contributed by atoms with Gasteiger partial charge < -0.3 is 9.47 Å². The van der Waals surface area contributed by atoms with Crippen molar-refractivity contribution in [3.05, 3.63) is 0 Å². The van der Waals surface area contributed by atoms with Crippen LogP contribution in [0.25, 0.3) is 0 Å². The fourth-order valence-electron chi connectivity index (χ4n) is 3.29. The zero-order valence-corrected chi connectivity index (χ0v) is 16.1. The Morgan fingerprint density at radius 2 is 1.23 bits per heavy atom. The van der Waals surface area contributed by atoms with Gasteiger partial charge in [0.25, 0.3) is 0 Å². The average molecular weight is 327 g/mol. The molecule has 0 aliphatic carbocycles. The van der Waals surface area contributed by atoms with E-state index in [4.69, 9.17) is 0 Å². The number of hydrogen-bond acceptors (Lipinski definition) is 4. The van der Waals surface area contributed by atoms with E-state index in [9.17, 15) is 9.59 Å². The maximum Gasteiger partial charge on any atom is 0.321 e. The lowest BCUT2D eigenvalue weighted by molar-refractivity contribution is -0.158. The van der Waals surface area contributed by atoms with Gasteiger partial charge in [-0.25, -0.2) is 0 Å². The molecule has 0 aromatic heterocycles. The standard InChI is InChI=1S/C17H30O4Si/c1-12(2)22(13(3)4,14(5)6)11-9-10-15(16(18)20-7)17(19)21-8/h12-15H,10H2,1-8H3. The van der Waals surface area contributed by atoms with Crippen molar-refractivity contribution >= 4 is 20.0 Å². The van der Waals surface area contributed by atoms with E-state index in [0.717, 1.165) is 0 Å². The molecule has 0 aliphatic heterocycles. The van der Waals surface area contributed by atoms with Gasteiger partial charge in [0.05, 0.1) is 14.2 Å². The summed E-state index contributed by atoms with van der Waals surface area (Å²) in [5.74, 6) is 0.972. The lowest BCUT2D eigenvalue weighted by Crippen LogP contribution is -2.43. The van der Waals surface area contributed by atoms with Crippen LogP contribution >= 0.6 is 0 Å². The van der Waals surface area contributed by atoms with Crippen LogP contribution in [0.5, 0.6) is 0 Å². The molecular formula is C17H30O4Si. The minimum absolute atomic E-state index is 0.153. The number of rotatable bonds is 6. The topological polar surface area (TPSA) is 52.6 Å². The fourth-order valence-corrected chi connectivity index (χ4v) is 8.56. The van der Waals surface area contributed by atoms with Crippen LogP contribution in [-0.2, 0) is 19.1 Å². The maximum absolute atomic E-state index is 11.7. The van der Waals surface area contributed by atoms with Gasteiger partial charge in [0.1, 0.15) is 8.07 Å². The summed E-state index contributed by atoms with van der Waals surface area (Å²) in [6.07, 6.45) is 0.153. The zero-order valence-electron chi connectivity index (χ0n) is 15.1. The summed E-state index contributed by atoms with van der Waals surface area (Å²) < 4.78 is 9.33. The first-order valence-electron chi connectivity index (χ1n) is 7.80. The van der Waals surface area contributed by atoms with Crippen LogP contribution in [0.4, 0.5) is 0 Å². The smallest absolute Gasteiger partial charge is 0.321 e. The SMILES string of the molecule is COC(=O)C(CC#C[Si](C(C)C)(C(C)C)C(C)C)C(=O)OC. The van der Waals surface area contributed by atoms with Crippen LogP contribution in [-0.4, -0.2) is 34.2 Å². The third kappa shape index (κ3) is 4.61. The van der Waals surface area contributed by atoms with Crippen LogP contribution in [0.2, 0.25) is 16.6 Å². The molecule has 0 fully saturated rings. The number of hydrogen-bond donors (Lipinski definition) is 0. The third-order valence-corrected chi connectivity index (χ3v) is 10.8. The molecule has 0 bridgehead atoms. The van der Waals surface area contributed by atoms with Crippen molar-refractivity contribution in [2.24, 2.45) is 5.92 Å². The molecule has 0 unspecified atom stereocenters. The van der Waals surface area contributed by atoms with Crippen LogP contribution in [0.15, 0.2) is 0 Å². The summed E-state index contributed by atoms with van der Waals surface area (Å²) in [5.41, 5.74) is 5.02. The number of carbonyl (C=O) groups excluding carboxylic acids is 2. The summed E-state index contributed by atoms with van der Waals surface area (Å²) >= 11 is 0. The predicted octanol–water partition coefficient (Wildman–Crippen LogP) is 3.56. The lowest BCUT2D eigenvalue weighted by Gasteiger charge is -2.38. The molecule has 0 heterocycles. The predicted molar refractivity (Wildman–Crippen MR) is 91.0 cm³/mol. The molecule has 0 N–H and O–H groups in total. The van der Waals surface area contributed by atoms with E-state index in [-0.39, 0.29) is 6.42 Å². The third-order valence-electron chi connectivity index (χ3n) is 4.45. The molecule has 4 nitrogen and oxygen atoms in total. The second kappa shape index (κ2) is 8.99. The molecule has 0 aromatic carbocycles. The first kappa shape index (κ1) is 20.7. The Morgan fingerprint density at radius 3 is 1.50 bits per heavy atom. The lowest BCUT2D eigenvalue weighted by atomic mass is 10.1. The molecule has 0 atom stereocenters. The molecular weight excluding hydrogens is 296 g/mol. The summed E-state index contributed by atoms with van der Waals surface area (Å²) in [6, 6.07) is 0. The Morgan fingerprint density at radius 1 is 0.864 bits per heavy atom. The summed E-state index contributed by atoms with van der Waals surface area (Å²) in [5, 5.41) is 0. The summed E-state index contributed by atoms with van der Waals surface area (Å²) in [4.78, 5) is 23.4. The molecule has 0 aliphatic rings. The first-order valence-corrected chi connectivity index (χ1v) is 10.0. The Kier molecular flexibility index (Phi) is 8.47. The van der Waals surface area contributed by atoms with Crippen molar-refractivity contribution in [1.82, 2.24) is 0 Å². The Balaban J connectivity index is 5.46. The molecule has 0 radical (unpaired) electrons. The van der Waals surface area contributed by atoms with E-state index in [1.807, 2.05) is 0 Å². The molecule has 0 rings (SSSR count). The second-order valence-electron chi connectivity index (χ2n) is 6.50. The van der Waals surface area contributed by atoms with Gasteiger partial charge in [-0.15, -0.1) is 11.5 Å². The molecule has 5 heteroatoms. The van der Waals surface area contributed by atoms with E-state index >= 15 is 0 Å². The van der Waals surface area contributed by atoms with Gasteiger partial charge >= 0.3 is 11.9 Å². The van der Waals surface area contributed by atoms with Gasteiger partial charge in [-0.2, -0.15) is 0 Å². The number of methoxy groups -OCH3 is 2. The first-order chi connectivity index (χ1) is 10.1. The van der Waals surface area contributed by atoms with Gasteiger partial charge in [-0.3, -0.25) is 9.59 Å². The van der Waals surface area contributed by atoms with Gasteiger partial charge in [0.2, 0.25) is 0 Å². The van der Waals surface area contributed by atoms with Crippen molar-refractivity contribution in [2.75, 3.05) is 14.2 Å². The highest BCUT2D eigenvalue weighted by Crippen LogP contribution is 2.40. The fraction of sp³-hybridized carbons (Fsp3) is 0.765. The minimum atomic E-state index is -1.85. The van der Waals surface area contributed by atoms with E-state index < -0.39 is 25.9 Å². The van der Waals surface area contributed by atoms with Gasteiger partial charge in [0.15, 0.2) is 5.92 Å². The summed E-state index contributed by atoms with van der Waals surface area (Å²) in [7, 11) is 0.680. The highest BCUT2D eigenvalue weighted by atomic mass is 28.3. The Hall–Kier alpha value is -1.28. The highest BCUT2D eigenvalue weighted by molar-refractivity contribution is 6.90. The van der Waals surface area contributed by atoms with Crippen molar-refractivity contribution in [3.8, 4) is 11.5 Å². The van der Waals surface area contributed by atoms with Crippen molar-refractivity contribution in [3.63, 3.8) is 0 Å².